The number of nitrogens with two attached hydrogens (primary N) is 1. The second-order valence-corrected chi connectivity index (χ2v) is 5.27. The van der Waals surface area contributed by atoms with E-state index in [0.29, 0.717) is 21.8 Å². The standard InChI is InChI=1S/C16H14ClNO2/c17-12-4-5-13(14(18)9-12)16(19)11-3-6-15-10(8-11)2-1-7-20-15/h3-6,8-9H,1-2,7,18H2. The number of fused-ring (bicyclic) bond motifs is 1. The molecule has 3 nitrogen and oxygen atoms in total. The number of benzene rings is 2. The first-order valence-corrected chi connectivity index (χ1v) is 6.88. The number of aryl methyl sites for hydroxylation is 1. The molecule has 0 saturated carbocycles. The Hall–Kier alpha value is -2.00. The zero-order valence-electron chi connectivity index (χ0n) is 10.9. The van der Waals surface area contributed by atoms with E-state index in [1.807, 2.05) is 12.1 Å². The summed E-state index contributed by atoms with van der Waals surface area (Å²) in [6.07, 6.45) is 1.92. The molecular formula is C16H14ClNO2. The summed E-state index contributed by atoms with van der Waals surface area (Å²) < 4.78 is 5.55. The van der Waals surface area contributed by atoms with Gasteiger partial charge in [0.05, 0.1) is 6.61 Å². The third-order valence-corrected chi connectivity index (χ3v) is 3.66. The highest BCUT2D eigenvalue weighted by molar-refractivity contribution is 6.31. The number of hydrogen-bond donors (Lipinski definition) is 1. The van der Waals surface area contributed by atoms with E-state index < -0.39 is 0 Å². The van der Waals surface area contributed by atoms with Crippen LogP contribution in [0.3, 0.4) is 0 Å². The monoisotopic (exact) mass is 287 g/mol. The average Bonchev–Trinajstić information content (AvgIpc) is 2.46. The van der Waals surface area contributed by atoms with Gasteiger partial charge in [0.1, 0.15) is 5.75 Å². The van der Waals surface area contributed by atoms with Gasteiger partial charge in [-0.2, -0.15) is 0 Å². The minimum atomic E-state index is -0.0902. The second-order valence-electron chi connectivity index (χ2n) is 4.84. The molecule has 1 heterocycles. The van der Waals surface area contributed by atoms with Gasteiger partial charge in [-0.25, -0.2) is 0 Å². The van der Waals surface area contributed by atoms with Crippen LogP contribution in [0.15, 0.2) is 36.4 Å². The molecule has 0 atom stereocenters. The van der Waals surface area contributed by atoms with E-state index in [0.717, 1.165) is 30.8 Å². The van der Waals surface area contributed by atoms with Gasteiger partial charge in [-0.1, -0.05) is 11.6 Å². The van der Waals surface area contributed by atoms with Gasteiger partial charge in [0.25, 0.3) is 0 Å². The summed E-state index contributed by atoms with van der Waals surface area (Å²) in [4.78, 5) is 12.5. The Morgan fingerprint density at radius 2 is 2.05 bits per heavy atom. The van der Waals surface area contributed by atoms with E-state index in [1.165, 1.54) is 0 Å². The Bertz CT molecular complexity index is 682. The molecule has 0 aromatic heterocycles. The maximum absolute atomic E-state index is 12.5. The van der Waals surface area contributed by atoms with Crippen LogP contribution in [-0.2, 0) is 6.42 Å². The Morgan fingerprint density at radius 1 is 1.20 bits per heavy atom. The van der Waals surface area contributed by atoms with Gasteiger partial charge in [0.2, 0.25) is 0 Å². The van der Waals surface area contributed by atoms with Gasteiger partial charge in [-0.05, 0) is 54.8 Å². The summed E-state index contributed by atoms with van der Waals surface area (Å²) in [5.41, 5.74) is 8.45. The summed E-state index contributed by atoms with van der Waals surface area (Å²) in [5.74, 6) is 0.782. The SMILES string of the molecule is Nc1cc(Cl)ccc1C(=O)c1ccc2c(c1)CCCO2. The van der Waals surface area contributed by atoms with Crippen LogP contribution < -0.4 is 10.5 Å². The number of carbonyl (C=O) groups excluding carboxylic acids is 1. The van der Waals surface area contributed by atoms with Gasteiger partial charge in [0.15, 0.2) is 5.78 Å². The molecule has 4 heteroatoms. The summed E-state index contributed by atoms with van der Waals surface area (Å²) in [5, 5.41) is 0.526. The first-order chi connectivity index (χ1) is 9.65. The van der Waals surface area contributed by atoms with Crippen molar-refractivity contribution in [3.63, 3.8) is 0 Å². The Kier molecular flexibility index (Phi) is 3.36. The van der Waals surface area contributed by atoms with E-state index in [2.05, 4.69) is 0 Å². The highest BCUT2D eigenvalue weighted by Crippen LogP contribution is 2.28. The summed E-state index contributed by atoms with van der Waals surface area (Å²) in [6, 6.07) is 10.5. The summed E-state index contributed by atoms with van der Waals surface area (Å²) >= 11 is 5.85. The highest BCUT2D eigenvalue weighted by atomic mass is 35.5. The molecule has 0 unspecified atom stereocenters. The number of rotatable bonds is 2. The molecule has 0 fully saturated rings. The molecule has 0 saturated heterocycles. The van der Waals surface area contributed by atoms with E-state index >= 15 is 0 Å². The maximum Gasteiger partial charge on any atom is 0.195 e. The van der Waals surface area contributed by atoms with Crippen molar-refractivity contribution >= 4 is 23.1 Å². The quantitative estimate of drug-likeness (QED) is 0.679. The van der Waals surface area contributed by atoms with Crippen molar-refractivity contribution in [3.05, 3.63) is 58.1 Å². The molecule has 102 valence electrons. The molecule has 2 N–H and O–H groups in total. The molecule has 1 aliphatic heterocycles. The second kappa shape index (κ2) is 5.17. The van der Waals surface area contributed by atoms with Crippen molar-refractivity contribution in [2.24, 2.45) is 0 Å². The first-order valence-electron chi connectivity index (χ1n) is 6.50. The van der Waals surface area contributed by atoms with Crippen molar-refractivity contribution in [1.82, 2.24) is 0 Å². The van der Waals surface area contributed by atoms with Gasteiger partial charge in [0, 0.05) is 21.8 Å². The van der Waals surface area contributed by atoms with Crippen LogP contribution in [0.1, 0.15) is 27.9 Å². The Balaban J connectivity index is 1.98. The maximum atomic E-state index is 12.5. The van der Waals surface area contributed by atoms with Crippen LogP contribution in [0.25, 0.3) is 0 Å². The van der Waals surface area contributed by atoms with Gasteiger partial charge in [-0.3, -0.25) is 4.79 Å². The molecule has 2 aromatic carbocycles. The normalized spacial score (nSPS) is 13.4. The predicted molar refractivity (Wildman–Crippen MR) is 79.6 cm³/mol. The topological polar surface area (TPSA) is 52.3 Å². The van der Waals surface area contributed by atoms with E-state index in [-0.39, 0.29) is 5.78 Å². The lowest BCUT2D eigenvalue weighted by atomic mass is 9.97. The smallest absolute Gasteiger partial charge is 0.195 e. The minimum absolute atomic E-state index is 0.0902. The number of hydrogen-bond acceptors (Lipinski definition) is 3. The number of nitrogen functional groups attached to an aromatic ring is 1. The Labute approximate surface area is 122 Å². The predicted octanol–water partition coefficient (Wildman–Crippen LogP) is 3.48. The fourth-order valence-electron chi connectivity index (χ4n) is 2.40. The summed E-state index contributed by atoms with van der Waals surface area (Å²) in [6.45, 7) is 0.741. The molecule has 20 heavy (non-hydrogen) atoms. The number of ketones is 1. The van der Waals surface area contributed by atoms with Crippen LogP contribution in [0.4, 0.5) is 5.69 Å². The molecule has 0 spiro atoms. The molecule has 3 rings (SSSR count). The third-order valence-electron chi connectivity index (χ3n) is 3.43. The van der Waals surface area contributed by atoms with Crippen molar-refractivity contribution < 1.29 is 9.53 Å². The number of halogens is 1. The van der Waals surface area contributed by atoms with Crippen molar-refractivity contribution in [2.45, 2.75) is 12.8 Å². The fourth-order valence-corrected chi connectivity index (χ4v) is 2.58. The Morgan fingerprint density at radius 3 is 2.85 bits per heavy atom. The van der Waals surface area contributed by atoms with Crippen molar-refractivity contribution in [1.29, 1.82) is 0 Å². The summed E-state index contributed by atoms with van der Waals surface area (Å²) in [7, 11) is 0. The zero-order valence-corrected chi connectivity index (χ0v) is 11.6. The van der Waals surface area contributed by atoms with Gasteiger partial charge in [-0.15, -0.1) is 0 Å². The van der Waals surface area contributed by atoms with Crippen molar-refractivity contribution in [3.8, 4) is 5.75 Å². The molecular weight excluding hydrogens is 274 g/mol. The zero-order chi connectivity index (χ0) is 14.1. The lowest BCUT2D eigenvalue weighted by molar-refractivity contribution is 0.103. The largest absolute Gasteiger partial charge is 0.493 e. The molecule has 0 bridgehead atoms. The highest BCUT2D eigenvalue weighted by Gasteiger charge is 2.16. The van der Waals surface area contributed by atoms with Crippen LogP contribution in [-0.4, -0.2) is 12.4 Å². The molecule has 0 radical (unpaired) electrons. The lowest BCUT2D eigenvalue weighted by Crippen LogP contribution is -2.11. The fraction of sp³-hybridized carbons (Fsp3) is 0.188. The van der Waals surface area contributed by atoms with E-state index in [9.17, 15) is 4.79 Å². The number of carbonyl (C=O) groups is 1. The van der Waals surface area contributed by atoms with Crippen LogP contribution in [0.2, 0.25) is 5.02 Å². The molecule has 0 aliphatic carbocycles. The van der Waals surface area contributed by atoms with Gasteiger partial charge >= 0.3 is 0 Å². The first kappa shape index (κ1) is 13.0. The van der Waals surface area contributed by atoms with Crippen LogP contribution in [0.5, 0.6) is 5.75 Å². The molecule has 1 aliphatic rings. The van der Waals surface area contributed by atoms with Crippen LogP contribution in [0, 0.1) is 0 Å². The number of ether oxygens (including phenoxy) is 1. The van der Waals surface area contributed by atoms with E-state index in [4.69, 9.17) is 22.1 Å². The van der Waals surface area contributed by atoms with Gasteiger partial charge < -0.3 is 10.5 Å². The molecule has 0 amide bonds. The number of anilines is 1. The lowest BCUT2D eigenvalue weighted by Gasteiger charge is -2.17. The minimum Gasteiger partial charge on any atom is -0.493 e. The van der Waals surface area contributed by atoms with Crippen LogP contribution >= 0.6 is 11.6 Å². The average molecular weight is 288 g/mol. The molecule has 2 aromatic rings. The van der Waals surface area contributed by atoms with E-state index in [1.54, 1.807) is 24.3 Å². The van der Waals surface area contributed by atoms with Crippen molar-refractivity contribution in [2.75, 3.05) is 12.3 Å². The third kappa shape index (κ3) is 2.37.